The van der Waals surface area contributed by atoms with Crippen molar-refractivity contribution >= 4 is 0 Å². The van der Waals surface area contributed by atoms with E-state index in [1.165, 1.54) is 0 Å². The molecular weight excluding hydrogens is 250 g/mol. The van der Waals surface area contributed by atoms with Crippen LogP contribution in [-0.4, -0.2) is 37.8 Å². The van der Waals surface area contributed by atoms with Gasteiger partial charge in [-0.3, -0.25) is 0 Å². The molecule has 0 fully saturated rings. The molecule has 1 aromatic carbocycles. The molecule has 0 saturated heterocycles. The fourth-order valence-electron chi connectivity index (χ4n) is 2.58. The molecule has 114 valence electrons. The summed E-state index contributed by atoms with van der Waals surface area (Å²) in [5.74, 6) is 0.829. The van der Waals surface area contributed by atoms with E-state index < -0.39 is 5.60 Å². The Morgan fingerprint density at radius 2 is 1.80 bits per heavy atom. The molecule has 0 heterocycles. The summed E-state index contributed by atoms with van der Waals surface area (Å²) in [7, 11) is 5.73. The molecular formula is C17H29NO2. The van der Waals surface area contributed by atoms with E-state index >= 15 is 0 Å². The summed E-state index contributed by atoms with van der Waals surface area (Å²) in [5.41, 5.74) is 0.855. The Bertz CT molecular complexity index is 449. The zero-order valence-corrected chi connectivity index (χ0v) is 13.9. The van der Waals surface area contributed by atoms with E-state index in [1.54, 1.807) is 7.11 Å². The highest BCUT2D eigenvalue weighted by Gasteiger charge is 2.42. The van der Waals surface area contributed by atoms with E-state index in [4.69, 9.17) is 4.74 Å². The number of nitrogens with zero attached hydrogens (tertiary/aromatic N) is 1. The highest BCUT2D eigenvalue weighted by Crippen LogP contribution is 2.44. The van der Waals surface area contributed by atoms with Crippen molar-refractivity contribution in [3.05, 3.63) is 29.3 Å². The molecule has 0 aliphatic rings. The van der Waals surface area contributed by atoms with Crippen LogP contribution in [-0.2, 0) is 5.60 Å². The average molecular weight is 279 g/mol. The maximum Gasteiger partial charge on any atom is 0.122 e. The van der Waals surface area contributed by atoms with Crippen LogP contribution in [0.5, 0.6) is 5.75 Å². The van der Waals surface area contributed by atoms with Gasteiger partial charge in [-0.25, -0.2) is 0 Å². The fraction of sp³-hybridized carbons (Fsp3) is 0.647. The molecule has 0 bridgehead atoms. The lowest BCUT2D eigenvalue weighted by Crippen LogP contribution is -2.42. The lowest BCUT2D eigenvalue weighted by Gasteiger charge is -2.42. The van der Waals surface area contributed by atoms with Crippen molar-refractivity contribution in [3.63, 3.8) is 0 Å². The molecule has 1 aromatic rings. The van der Waals surface area contributed by atoms with Gasteiger partial charge in [0.05, 0.1) is 12.7 Å². The summed E-state index contributed by atoms with van der Waals surface area (Å²) in [6.07, 6.45) is 0.692. The zero-order valence-electron chi connectivity index (χ0n) is 13.9. The second-order valence-corrected chi connectivity index (χ2v) is 6.80. The number of aliphatic hydroxyl groups is 1. The van der Waals surface area contributed by atoms with Crippen LogP contribution in [0.4, 0.5) is 0 Å². The third-order valence-corrected chi connectivity index (χ3v) is 4.11. The molecule has 0 saturated carbocycles. The zero-order chi connectivity index (χ0) is 15.6. The fourth-order valence-corrected chi connectivity index (χ4v) is 2.58. The van der Waals surface area contributed by atoms with E-state index in [0.717, 1.165) is 23.4 Å². The molecule has 0 amide bonds. The van der Waals surface area contributed by atoms with Crippen LogP contribution in [0, 0.1) is 12.3 Å². The van der Waals surface area contributed by atoms with Crippen molar-refractivity contribution < 1.29 is 9.84 Å². The molecule has 0 radical (unpaired) electrons. The van der Waals surface area contributed by atoms with E-state index in [0.29, 0.717) is 6.42 Å². The summed E-state index contributed by atoms with van der Waals surface area (Å²) >= 11 is 0. The van der Waals surface area contributed by atoms with E-state index in [9.17, 15) is 5.11 Å². The maximum absolute atomic E-state index is 11.4. The molecule has 20 heavy (non-hydrogen) atoms. The molecule has 3 heteroatoms. The summed E-state index contributed by atoms with van der Waals surface area (Å²) in [6, 6.07) is 5.90. The molecule has 0 aliphatic heterocycles. The first-order chi connectivity index (χ1) is 9.13. The van der Waals surface area contributed by atoms with E-state index in [-0.39, 0.29) is 5.41 Å². The molecule has 0 spiro atoms. The number of hydrogen-bond donors (Lipinski definition) is 1. The standard InChI is InChI=1S/C17H29NO2/c1-13-14(9-8-10-15(13)20-7)17(19,16(2,3)4)11-12-18(5)6/h8-10,19H,11-12H2,1-7H3. The third kappa shape index (κ3) is 3.33. The number of methoxy groups -OCH3 is 1. The van der Waals surface area contributed by atoms with Gasteiger partial charge in [-0.2, -0.15) is 0 Å². The van der Waals surface area contributed by atoms with Crippen LogP contribution in [0.25, 0.3) is 0 Å². The Kier molecular flexibility index (Phi) is 5.22. The first-order valence-electron chi connectivity index (χ1n) is 7.14. The Labute approximate surface area is 123 Å². The third-order valence-electron chi connectivity index (χ3n) is 4.11. The van der Waals surface area contributed by atoms with Crippen molar-refractivity contribution in [2.45, 2.75) is 39.7 Å². The van der Waals surface area contributed by atoms with Crippen molar-refractivity contribution in [1.29, 1.82) is 0 Å². The van der Waals surface area contributed by atoms with Gasteiger partial charge in [0.1, 0.15) is 5.75 Å². The highest BCUT2D eigenvalue weighted by molar-refractivity contribution is 5.43. The number of rotatable bonds is 5. The molecule has 1 rings (SSSR count). The smallest absolute Gasteiger partial charge is 0.122 e. The predicted octanol–water partition coefficient (Wildman–Crippen LogP) is 3.19. The second kappa shape index (κ2) is 6.15. The minimum Gasteiger partial charge on any atom is -0.496 e. The van der Waals surface area contributed by atoms with Crippen molar-refractivity contribution in [2.75, 3.05) is 27.7 Å². The van der Waals surface area contributed by atoms with Crippen LogP contribution in [0.1, 0.15) is 38.3 Å². The second-order valence-electron chi connectivity index (χ2n) is 6.80. The molecule has 0 aromatic heterocycles. The Balaban J connectivity index is 3.31. The molecule has 1 atom stereocenters. The Hall–Kier alpha value is -1.06. The van der Waals surface area contributed by atoms with Crippen LogP contribution in [0.3, 0.4) is 0 Å². The van der Waals surface area contributed by atoms with Crippen molar-refractivity contribution in [3.8, 4) is 5.75 Å². The van der Waals surface area contributed by atoms with Crippen molar-refractivity contribution in [2.24, 2.45) is 5.41 Å². The maximum atomic E-state index is 11.4. The number of ether oxygens (including phenoxy) is 1. The average Bonchev–Trinajstić information content (AvgIpc) is 2.34. The quantitative estimate of drug-likeness (QED) is 0.898. The summed E-state index contributed by atoms with van der Waals surface area (Å²) in [6.45, 7) is 9.11. The molecule has 3 nitrogen and oxygen atoms in total. The van der Waals surface area contributed by atoms with Crippen LogP contribution < -0.4 is 4.74 Å². The first-order valence-corrected chi connectivity index (χ1v) is 7.14. The summed E-state index contributed by atoms with van der Waals surface area (Å²) in [5, 5.41) is 11.4. The minimum absolute atomic E-state index is 0.250. The summed E-state index contributed by atoms with van der Waals surface area (Å²) < 4.78 is 5.40. The Morgan fingerprint density at radius 1 is 1.20 bits per heavy atom. The van der Waals surface area contributed by atoms with Gasteiger partial charge in [0.2, 0.25) is 0 Å². The predicted molar refractivity (Wildman–Crippen MR) is 84.3 cm³/mol. The number of hydrogen-bond acceptors (Lipinski definition) is 3. The SMILES string of the molecule is COc1cccc(C(O)(CCN(C)C)C(C)(C)C)c1C. The highest BCUT2D eigenvalue weighted by atomic mass is 16.5. The van der Waals surface area contributed by atoms with Gasteiger partial charge in [0.25, 0.3) is 0 Å². The van der Waals surface area contributed by atoms with E-state index in [1.807, 2.05) is 39.2 Å². The van der Waals surface area contributed by atoms with Gasteiger partial charge in [-0.1, -0.05) is 32.9 Å². The van der Waals surface area contributed by atoms with Gasteiger partial charge in [0, 0.05) is 6.54 Å². The van der Waals surface area contributed by atoms with Gasteiger partial charge in [-0.15, -0.1) is 0 Å². The topological polar surface area (TPSA) is 32.7 Å². The molecule has 1 N–H and O–H groups in total. The largest absolute Gasteiger partial charge is 0.496 e. The number of benzene rings is 1. The summed E-state index contributed by atoms with van der Waals surface area (Å²) in [4.78, 5) is 2.10. The van der Waals surface area contributed by atoms with Crippen LogP contribution >= 0.6 is 0 Å². The molecule has 0 aliphatic carbocycles. The first kappa shape index (κ1) is 17.0. The normalized spacial score (nSPS) is 15.2. The lowest BCUT2D eigenvalue weighted by molar-refractivity contribution is -0.0752. The van der Waals surface area contributed by atoms with E-state index in [2.05, 4.69) is 25.7 Å². The van der Waals surface area contributed by atoms with Crippen molar-refractivity contribution in [1.82, 2.24) is 4.90 Å². The van der Waals surface area contributed by atoms with Gasteiger partial charge in [-0.05, 0) is 50.0 Å². The monoisotopic (exact) mass is 279 g/mol. The molecule has 1 unspecified atom stereocenters. The van der Waals surface area contributed by atoms with Gasteiger partial charge >= 0.3 is 0 Å². The van der Waals surface area contributed by atoms with Crippen LogP contribution in [0.15, 0.2) is 18.2 Å². The Morgan fingerprint density at radius 3 is 2.25 bits per heavy atom. The van der Waals surface area contributed by atoms with Crippen LogP contribution in [0.2, 0.25) is 0 Å². The lowest BCUT2D eigenvalue weighted by atomic mass is 9.69. The van der Waals surface area contributed by atoms with Gasteiger partial charge in [0.15, 0.2) is 0 Å². The minimum atomic E-state index is -0.879. The van der Waals surface area contributed by atoms with Gasteiger partial charge < -0.3 is 14.7 Å².